The largest absolute Gasteiger partial charge is 0.495 e. The summed E-state index contributed by atoms with van der Waals surface area (Å²) in [6.45, 7) is 1.17. The summed E-state index contributed by atoms with van der Waals surface area (Å²) in [4.78, 5) is 1.35. The van der Waals surface area contributed by atoms with Crippen LogP contribution in [0.5, 0.6) is 5.75 Å². The van der Waals surface area contributed by atoms with Crippen molar-refractivity contribution in [3.63, 3.8) is 0 Å². The van der Waals surface area contributed by atoms with Gasteiger partial charge in [-0.15, -0.1) is 0 Å². The molecular formula is C18H20F2N2O3S. The van der Waals surface area contributed by atoms with Crippen molar-refractivity contribution in [1.82, 2.24) is 4.72 Å². The molecule has 0 aliphatic carbocycles. The Balaban J connectivity index is 1.79. The Morgan fingerprint density at radius 1 is 1.19 bits per heavy atom. The summed E-state index contributed by atoms with van der Waals surface area (Å²) in [5.74, 6) is -1.07. The first-order chi connectivity index (χ1) is 12.4. The van der Waals surface area contributed by atoms with Crippen molar-refractivity contribution in [1.29, 1.82) is 0 Å². The van der Waals surface area contributed by atoms with Crippen LogP contribution in [0.15, 0.2) is 47.4 Å². The molecule has 1 heterocycles. The van der Waals surface area contributed by atoms with E-state index >= 15 is 0 Å². The summed E-state index contributed by atoms with van der Waals surface area (Å²) < 4.78 is 60.0. The van der Waals surface area contributed by atoms with E-state index in [9.17, 15) is 17.2 Å². The van der Waals surface area contributed by atoms with Crippen molar-refractivity contribution in [2.24, 2.45) is 0 Å². The highest BCUT2D eigenvalue weighted by atomic mass is 32.2. The van der Waals surface area contributed by atoms with Gasteiger partial charge in [0.25, 0.3) is 0 Å². The third kappa shape index (κ3) is 3.96. The van der Waals surface area contributed by atoms with Crippen LogP contribution in [0.1, 0.15) is 12.8 Å². The lowest BCUT2D eigenvalue weighted by Gasteiger charge is -2.35. The first-order valence-electron chi connectivity index (χ1n) is 8.26. The Bertz CT molecular complexity index is 890. The van der Waals surface area contributed by atoms with Gasteiger partial charge in [-0.25, -0.2) is 21.9 Å². The molecule has 5 nitrogen and oxygen atoms in total. The molecule has 0 spiro atoms. The third-order valence-corrected chi connectivity index (χ3v) is 5.89. The highest BCUT2D eigenvalue weighted by molar-refractivity contribution is 7.89. The number of nitrogens with zero attached hydrogens (tertiary/aromatic N) is 1. The van der Waals surface area contributed by atoms with Crippen LogP contribution in [0.4, 0.5) is 14.5 Å². The van der Waals surface area contributed by atoms with Crippen molar-refractivity contribution in [2.45, 2.75) is 23.8 Å². The minimum Gasteiger partial charge on any atom is -0.495 e. The zero-order chi connectivity index (χ0) is 18.7. The lowest BCUT2D eigenvalue weighted by molar-refractivity contribution is 0.408. The van der Waals surface area contributed by atoms with Crippen molar-refractivity contribution >= 4 is 15.7 Å². The van der Waals surface area contributed by atoms with Crippen LogP contribution in [0.25, 0.3) is 0 Å². The predicted octanol–water partition coefficient (Wildman–Crippen LogP) is 2.92. The maximum atomic E-state index is 13.8. The first kappa shape index (κ1) is 18.6. The molecule has 1 aliphatic rings. The third-order valence-electron chi connectivity index (χ3n) is 4.35. The Morgan fingerprint density at radius 3 is 2.73 bits per heavy atom. The molecule has 2 aromatic rings. The molecule has 3 rings (SSSR count). The SMILES string of the molecule is COc1ccccc1N1CCCC(NS(=O)(=O)c2cc(F)ccc2F)C1. The van der Waals surface area contributed by atoms with Gasteiger partial charge in [-0.1, -0.05) is 12.1 Å². The molecular weight excluding hydrogens is 362 g/mol. The Labute approximate surface area is 151 Å². The van der Waals surface area contributed by atoms with Crippen LogP contribution in [0.2, 0.25) is 0 Å². The molecule has 2 aromatic carbocycles. The maximum Gasteiger partial charge on any atom is 0.243 e. The number of methoxy groups -OCH3 is 1. The van der Waals surface area contributed by atoms with Gasteiger partial charge in [-0.2, -0.15) is 0 Å². The van der Waals surface area contributed by atoms with Crippen LogP contribution < -0.4 is 14.4 Å². The quantitative estimate of drug-likeness (QED) is 0.864. The first-order valence-corrected chi connectivity index (χ1v) is 9.74. The summed E-state index contributed by atoms with van der Waals surface area (Å²) >= 11 is 0. The van der Waals surface area contributed by atoms with Gasteiger partial charge in [0.05, 0.1) is 12.8 Å². The summed E-state index contributed by atoms with van der Waals surface area (Å²) in [5, 5.41) is 0. The van der Waals surface area contributed by atoms with Crippen molar-refractivity contribution in [2.75, 3.05) is 25.1 Å². The second kappa shape index (κ2) is 7.59. The fraction of sp³-hybridized carbons (Fsp3) is 0.333. The molecule has 1 fully saturated rings. The van der Waals surface area contributed by atoms with Gasteiger partial charge in [0.1, 0.15) is 22.3 Å². The van der Waals surface area contributed by atoms with E-state index in [0.29, 0.717) is 24.8 Å². The molecule has 0 bridgehead atoms. The van der Waals surface area contributed by atoms with Gasteiger partial charge in [-0.05, 0) is 43.2 Å². The number of ether oxygens (including phenoxy) is 1. The summed E-state index contributed by atoms with van der Waals surface area (Å²) in [5.41, 5.74) is 0.871. The molecule has 8 heteroatoms. The smallest absolute Gasteiger partial charge is 0.243 e. The second-order valence-corrected chi connectivity index (χ2v) is 7.84. The minimum absolute atomic E-state index is 0.413. The van der Waals surface area contributed by atoms with Crippen molar-refractivity contribution < 1.29 is 21.9 Å². The molecule has 1 unspecified atom stereocenters. The number of halogens is 2. The van der Waals surface area contributed by atoms with Gasteiger partial charge in [0.15, 0.2) is 0 Å². The van der Waals surface area contributed by atoms with Crippen LogP contribution in [0.3, 0.4) is 0 Å². The number of nitrogens with one attached hydrogen (secondary N) is 1. The standard InChI is InChI=1S/C18H20F2N2O3S/c1-25-17-7-3-2-6-16(17)22-10-4-5-14(12-22)21-26(23,24)18-11-13(19)8-9-15(18)20/h2-3,6-9,11,14,21H,4-5,10,12H2,1H3. The van der Waals surface area contributed by atoms with Gasteiger partial charge in [0.2, 0.25) is 10.0 Å². The van der Waals surface area contributed by atoms with Crippen molar-refractivity contribution in [3.8, 4) is 5.75 Å². The van der Waals surface area contributed by atoms with Crippen LogP contribution in [-0.4, -0.2) is 34.7 Å². The number of rotatable bonds is 5. The fourth-order valence-corrected chi connectivity index (χ4v) is 4.50. The summed E-state index contributed by atoms with van der Waals surface area (Å²) in [6, 6.07) is 9.46. The van der Waals surface area contributed by atoms with E-state index in [-0.39, 0.29) is 0 Å². The topological polar surface area (TPSA) is 58.6 Å². The number of piperidine rings is 1. The monoisotopic (exact) mass is 382 g/mol. The lowest BCUT2D eigenvalue weighted by atomic mass is 10.1. The highest BCUT2D eigenvalue weighted by Gasteiger charge is 2.28. The number of hydrogen-bond donors (Lipinski definition) is 1. The fourth-order valence-electron chi connectivity index (χ4n) is 3.15. The molecule has 1 atom stereocenters. The van der Waals surface area contributed by atoms with Gasteiger partial charge in [-0.3, -0.25) is 0 Å². The average Bonchev–Trinajstić information content (AvgIpc) is 2.63. The molecule has 0 saturated carbocycles. The van der Waals surface area contributed by atoms with Crippen LogP contribution in [-0.2, 0) is 10.0 Å². The summed E-state index contributed by atoms with van der Waals surface area (Å²) in [7, 11) is -2.58. The number of anilines is 1. The van der Waals surface area contributed by atoms with E-state index in [1.54, 1.807) is 7.11 Å². The average molecular weight is 382 g/mol. The van der Waals surface area contributed by atoms with E-state index in [1.165, 1.54) is 0 Å². The highest BCUT2D eigenvalue weighted by Crippen LogP contribution is 2.30. The van der Waals surface area contributed by atoms with E-state index in [0.717, 1.165) is 30.8 Å². The normalized spacial score (nSPS) is 18.0. The van der Waals surface area contributed by atoms with Gasteiger partial charge < -0.3 is 9.64 Å². The Morgan fingerprint density at radius 2 is 1.96 bits per heavy atom. The zero-order valence-electron chi connectivity index (χ0n) is 14.3. The van der Waals surface area contributed by atoms with Gasteiger partial charge >= 0.3 is 0 Å². The maximum absolute atomic E-state index is 13.8. The minimum atomic E-state index is -4.16. The van der Waals surface area contributed by atoms with Crippen molar-refractivity contribution in [3.05, 3.63) is 54.1 Å². The molecule has 1 aliphatic heterocycles. The van der Waals surface area contributed by atoms with Gasteiger partial charge in [0, 0.05) is 19.1 Å². The van der Waals surface area contributed by atoms with E-state index < -0.39 is 32.6 Å². The van der Waals surface area contributed by atoms with Crippen LogP contribution in [0, 0.1) is 11.6 Å². The number of para-hydroxylation sites is 2. The molecule has 1 N–H and O–H groups in total. The number of hydrogen-bond acceptors (Lipinski definition) is 4. The molecule has 140 valence electrons. The Hall–Kier alpha value is -2.19. The lowest BCUT2D eigenvalue weighted by Crippen LogP contribution is -2.48. The molecule has 0 radical (unpaired) electrons. The van der Waals surface area contributed by atoms with Crippen LogP contribution >= 0.6 is 0 Å². The molecule has 26 heavy (non-hydrogen) atoms. The number of sulfonamides is 1. The molecule has 0 amide bonds. The van der Waals surface area contributed by atoms with E-state index in [4.69, 9.17) is 4.74 Å². The molecule has 0 aromatic heterocycles. The van der Waals surface area contributed by atoms with E-state index in [2.05, 4.69) is 4.72 Å². The predicted molar refractivity (Wildman–Crippen MR) is 94.9 cm³/mol. The summed E-state index contributed by atoms with van der Waals surface area (Å²) in [6.07, 6.45) is 1.37. The second-order valence-electron chi connectivity index (χ2n) is 6.15. The van der Waals surface area contributed by atoms with E-state index in [1.807, 2.05) is 29.2 Å². The molecule has 1 saturated heterocycles. The number of benzene rings is 2. The zero-order valence-corrected chi connectivity index (χ0v) is 15.1. The Kier molecular flexibility index (Phi) is 5.43.